The Labute approximate surface area is 107 Å². The minimum Gasteiger partial charge on any atom is -0.325 e. The largest absolute Gasteiger partial charge is 0.325 e. The van der Waals surface area contributed by atoms with Crippen molar-refractivity contribution in [3.63, 3.8) is 0 Å². The van der Waals surface area contributed by atoms with Gasteiger partial charge in [0.1, 0.15) is 5.82 Å². The summed E-state index contributed by atoms with van der Waals surface area (Å²) in [6.45, 7) is 2.27. The molecule has 94 valence electrons. The van der Waals surface area contributed by atoms with Crippen molar-refractivity contribution >= 4 is 11.6 Å². The van der Waals surface area contributed by atoms with Gasteiger partial charge < -0.3 is 5.73 Å². The van der Waals surface area contributed by atoms with Crippen LogP contribution in [0.3, 0.4) is 0 Å². The van der Waals surface area contributed by atoms with Crippen LogP contribution in [0.4, 0.5) is 4.39 Å². The molecule has 0 radical (unpaired) electrons. The van der Waals surface area contributed by atoms with E-state index >= 15 is 0 Å². The molecular weight excluding hydrogens is 237 g/mol. The highest BCUT2D eigenvalue weighted by molar-refractivity contribution is 6.31. The van der Waals surface area contributed by atoms with Crippen LogP contribution in [0.25, 0.3) is 0 Å². The maximum absolute atomic E-state index is 13.0. The molecule has 2 rings (SSSR count). The molecule has 0 bridgehead atoms. The van der Waals surface area contributed by atoms with E-state index in [1.54, 1.807) is 6.07 Å². The molecule has 1 aliphatic rings. The van der Waals surface area contributed by atoms with E-state index in [4.69, 9.17) is 17.3 Å². The fraction of sp³-hybridized carbons (Fsp3) is 0.571. The minimum atomic E-state index is -0.290. The smallest absolute Gasteiger partial charge is 0.124 e. The average Bonchev–Trinajstić information content (AvgIpc) is 2.27. The molecule has 0 aromatic heterocycles. The maximum atomic E-state index is 13.0. The van der Waals surface area contributed by atoms with E-state index in [0.717, 1.165) is 30.7 Å². The lowest BCUT2D eigenvalue weighted by molar-refractivity contribution is 0.243. The van der Waals surface area contributed by atoms with Gasteiger partial charge in [0, 0.05) is 10.6 Å². The van der Waals surface area contributed by atoms with Crippen molar-refractivity contribution in [2.45, 2.75) is 44.6 Å². The van der Waals surface area contributed by atoms with Gasteiger partial charge in [-0.2, -0.15) is 0 Å². The molecule has 0 aliphatic heterocycles. The molecular formula is C14H19ClFN. The quantitative estimate of drug-likeness (QED) is 0.851. The van der Waals surface area contributed by atoms with Crippen LogP contribution in [0.15, 0.2) is 18.2 Å². The summed E-state index contributed by atoms with van der Waals surface area (Å²) in [6, 6.07) is 4.58. The molecule has 2 N–H and O–H groups in total. The highest BCUT2D eigenvalue weighted by atomic mass is 35.5. The zero-order valence-corrected chi connectivity index (χ0v) is 10.9. The molecule has 0 heterocycles. The Bertz CT molecular complexity index is 397. The van der Waals surface area contributed by atoms with E-state index in [2.05, 4.69) is 6.92 Å². The third-order valence-corrected chi connectivity index (χ3v) is 4.18. The highest BCUT2D eigenvalue weighted by Crippen LogP contribution is 2.33. The van der Waals surface area contributed by atoms with Gasteiger partial charge in [-0.1, -0.05) is 24.6 Å². The van der Waals surface area contributed by atoms with Crippen LogP contribution in [0.1, 0.15) is 38.2 Å². The number of hydrogen-bond acceptors (Lipinski definition) is 1. The summed E-state index contributed by atoms with van der Waals surface area (Å²) in [6.07, 6.45) is 5.16. The summed E-state index contributed by atoms with van der Waals surface area (Å²) in [7, 11) is 0. The SMILES string of the molecule is CC1CCC(N)(Cc2ccc(F)cc2Cl)CC1. The topological polar surface area (TPSA) is 26.0 Å². The zero-order chi connectivity index (χ0) is 12.5. The van der Waals surface area contributed by atoms with Crippen molar-refractivity contribution in [3.8, 4) is 0 Å². The molecule has 1 fully saturated rings. The molecule has 0 unspecified atom stereocenters. The Hall–Kier alpha value is -0.600. The van der Waals surface area contributed by atoms with Gasteiger partial charge in [0.15, 0.2) is 0 Å². The van der Waals surface area contributed by atoms with Crippen LogP contribution >= 0.6 is 11.6 Å². The van der Waals surface area contributed by atoms with Gasteiger partial charge in [-0.3, -0.25) is 0 Å². The lowest BCUT2D eigenvalue weighted by Gasteiger charge is -2.36. The van der Waals surface area contributed by atoms with Gasteiger partial charge in [-0.05, 0) is 55.7 Å². The molecule has 0 amide bonds. The molecule has 1 nitrogen and oxygen atoms in total. The summed E-state index contributed by atoms with van der Waals surface area (Å²) in [5, 5.41) is 0.494. The van der Waals surface area contributed by atoms with Crippen LogP contribution in [-0.2, 0) is 6.42 Å². The van der Waals surface area contributed by atoms with Crippen molar-refractivity contribution < 1.29 is 4.39 Å². The molecule has 1 saturated carbocycles. The van der Waals surface area contributed by atoms with Gasteiger partial charge in [-0.25, -0.2) is 4.39 Å². The predicted molar refractivity (Wildman–Crippen MR) is 69.7 cm³/mol. The van der Waals surface area contributed by atoms with Crippen LogP contribution < -0.4 is 5.73 Å². The lowest BCUT2D eigenvalue weighted by atomic mass is 9.75. The molecule has 0 atom stereocenters. The Morgan fingerprint density at radius 1 is 1.41 bits per heavy atom. The number of benzene rings is 1. The summed E-state index contributed by atoms with van der Waals surface area (Å²) in [5.41, 5.74) is 7.21. The molecule has 1 aliphatic carbocycles. The average molecular weight is 256 g/mol. The number of rotatable bonds is 2. The van der Waals surface area contributed by atoms with E-state index in [9.17, 15) is 4.39 Å². The first kappa shape index (κ1) is 12.8. The van der Waals surface area contributed by atoms with Crippen LogP contribution in [0.2, 0.25) is 5.02 Å². The minimum absolute atomic E-state index is 0.159. The summed E-state index contributed by atoms with van der Waals surface area (Å²) in [5.74, 6) is 0.484. The summed E-state index contributed by atoms with van der Waals surface area (Å²) in [4.78, 5) is 0. The van der Waals surface area contributed by atoms with Crippen LogP contribution in [-0.4, -0.2) is 5.54 Å². The standard InChI is InChI=1S/C14H19ClFN/c1-10-4-6-14(17,7-5-10)9-11-2-3-12(16)8-13(11)15/h2-3,8,10H,4-7,9,17H2,1H3. The zero-order valence-electron chi connectivity index (χ0n) is 10.2. The molecule has 0 saturated heterocycles. The Morgan fingerprint density at radius 2 is 2.06 bits per heavy atom. The van der Waals surface area contributed by atoms with E-state index in [-0.39, 0.29) is 11.4 Å². The Balaban J connectivity index is 2.09. The van der Waals surface area contributed by atoms with Crippen molar-refractivity contribution in [1.82, 2.24) is 0 Å². The van der Waals surface area contributed by atoms with Gasteiger partial charge in [0.25, 0.3) is 0 Å². The van der Waals surface area contributed by atoms with E-state index < -0.39 is 0 Å². The van der Waals surface area contributed by atoms with E-state index in [1.165, 1.54) is 25.0 Å². The summed E-state index contributed by atoms with van der Waals surface area (Å²) >= 11 is 6.04. The molecule has 1 aromatic carbocycles. The molecule has 0 spiro atoms. The number of nitrogens with two attached hydrogens (primary N) is 1. The third-order valence-electron chi connectivity index (χ3n) is 3.83. The summed E-state index contributed by atoms with van der Waals surface area (Å²) < 4.78 is 13.0. The van der Waals surface area contributed by atoms with Gasteiger partial charge in [0.05, 0.1) is 0 Å². The monoisotopic (exact) mass is 255 g/mol. The van der Waals surface area contributed by atoms with Crippen molar-refractivity contribution in [2.75, 3.05) is 0 Å². The second-order valence-corrected chi connectivity index (χ2v) is 5.86. The van der Waals surface area contributed by atoms with Crippen LogP contribution in [0, 0.1) is 11.7 Å². The lowest BCUT2D eigenvalue weighted by Crippen LogP contribution is -2.45. The van der Waals surface area contributed by atoms with Crippen LogP contribution in [0.5, 0.6) is 0 Å². The molecule has 17 heavy (non-hydrogen) atoms. The van der Waals surface area contributed by atoms with Gasteiger partial charge in [0.2, 0.25) is 0 Å². The van der Waals surface area contributed by atoms with E-state index in [0.29, 0.717) is 5.02 Å². The first-order valence-electron chi connectivity index (χ1n) is 6.21. The normalized spacial score (nSPS) is 29.3. The Kier molecular flexibility index (Phi) is 3.74. The van der Waals surface area contributed by atoms with Crippen molar-refractivity contribution in [2.24, 2.45) is 11.7 Å². The first-order chi connectivity index (χ1) is 7.98. The third kappa shape index (κ3) is 3.20. The fourth-order valence-electron chi connectivity index (χ4n) is 2.56. The second-order valence-electron chi connectivity index (χ2n) is 5.46. The highest BCUT2D eigenvalue weighted by Gasteiger charge is 2.30. The first-order valence-corrected chi connectivity index (χ1v) is 6.59. The molecule has 3 heteroatoms. The maximum Gasteiger partial charge on any atom is 0.124 e. The second kappa shape index (κ2) is 4.95. The predicted octanol–water partition coefficient (Wildman–Crippen LogP) is 3.93. The fourth-order valence-corrected chi connectivity index (χ4v) is 2.79. The van der Waals surface area contributed by atoms with Gasteiger partial charge >= 0.3 is 0 Å². The Morgan fingerprint density at radius 3 is 2.65 bits per heavy atom. The number of hydrogen-bond donors (Lipinski definition) is 1. The van der Waals surface area contributed by atoms with Crippen molar-refractivity contribution in [1.29, 1.82) is 0 Å². The van der Waals surface area contributed by atoms with Crippen molar-refractivity contribution in [3.05, 3.63) is 34.6 Å². The number of halogens is 2. The molecule has 1 aromatic rings. The van der Waals surface area contributed by atoms with Gasteiger partial charge in [-0.15, -0.1) is 0 Å². The van der Waals surface area contributed by atoms with E-state index in [1.807, 2.05) is 0 Å².